The van der Waals surface area contributed by atoms with Gasteiger partial charge in [0.15, 0.2) is 0 Å². The molecule has 1 amide bonds. The molecule has 1 aromatic carbocycles. The van der Waals surface area contributed by atoms with Gasteiger partial charge in [-0.25, -0.2) is 0 Å². The van der Waals surface area contributed by atoms with Gasteiger partial charge in [-0.15, -0.1) is 0 Å². The molecule has 0 radical (unpaired) electrons. The molecule has 3 aliphatic rings. The Kier molecular flexibility index (Phi) is 5.84. The molecule has 1 saturated heterocycles. The molecule has 1 spiro atoms. The molecule has 1 aliphatic carbocycles. The van der Waals surface area contributed by atoms with Crippen molar-refractivity contribution in [2.24, 2.45) is 17.8 Å². The summed E-state index contributed by atoms with van der Waals surface area (Å²) >= 11 is 0. The van der Waals surface area contributed by atoms with E-state index in [1.807, 2.05) is 57.3 Å². The number of rotatable bonds is 2. The zero-order chi connectivity index (χ0) is 26.8. The van der Waals surface area contributed by atoms with Crippen molar-refractivity contribution in [3.05, 3.63) is 94.5 Å². The normalized spacial score (nSPS) is 33.6. The fourth-order valence-corrected chi connectivity index (χ4v) is 7.25. The number of H-pyrrole nitrogens is 2. The quantitative estimate of drug-likeness (QED) is 0.360. The van der Waals surface area contributed by atoms with Gasteiger partial charge in [0.1, 0.15) is 5.41 Å². The van der Waals surface area contributed by atoms with Gasteiger partial charge in [0.25, 0.3) is 0 Å². The smallest absolute Gasteiger partial charge is 0.233 e. The van der Waals surface area contributed by atoms with E-state index in [1.165, 1.54) is 0 Å². The molecular formula is C32H35N3O3. The van der Waals surface area contributed by atoms with Gasteiger partial charge in [0.2, 0.25) is 11.7 Å². The van der Waals surface area contributed by atoms with Crippen molar-refractivity contribution in [1.29, 1.82) is 0 Å². The van der Waals surface area contributed by atoms with Crippen LogP contribution in [0.5, 0.6) is 0 Å². The highest BCUT2D eigenvalue weighted by Gasteiger charge is 2.64. The highest BCUT2D eigenvalue weighted by Crippen LogP contribution is 2.55. The van der Waals surface area contributed by atoms with Crippen molar-refractivity contribution in [3.8, 4) is 0 Å². The molecule has 2 aromatic heterocycles. The molecule has 6 atom stereocenters. The van der Waals surface area contributed by atoms with Crippen molar-refractivity contribution in [2.45, 2.75) is 58.1 Å². The molecule has 38 heavy (non-hydrogen) atoms. The van der Waals surface area contributed by atoms with E-state index >= 15 is 0 Å². The second kappa shape index (κ2) is 8.98. The van der Waals surface area contributed by atoms with Crippen LogP contribution in [0.25, 0.3) is 10.9 Å². The maximum atomic E-state index is 14.3. The summed E-state index contributed by atoms with van der Waals surface area (Å²) < 4.78 is 0. The number of allylic oxidation sites excluding steroid dienone is 3. The zero-order valence-corrected chi connectivity index (χ0v) is 22.3. The molecule has 0 unspecified atom stereocenters. The van der Waals surface area contributed by atoms with E-state index in [4.69, 9.17) is 0 Å². The predicted octanol–water partition coefficient (Wildman–Crippen LogP) is 5.14. The van der Waals surface area contributed by atoms with Crippen molar-refractivity contribution in [3.63, 3.8) is 0 Å². The number of carbonyl (C=O) groups excluding carboxylic acids is 2. The van der Waals surface area contributed by atoms with E-state index in [9.17, 15) is 14.7 Å². The lowest BCUT2D eigenvalue weighted by atomic mass is 9.55. The number of carbonyl (C=O) groups is 2. The van der Waals surface area contributed by atoms with Crippen molar-refractivity contribution in [2.75, 3.05) is 0 Å². The van der Waals surface area contributed by atoms with Crippen LogP contribution in [0, 0.1) is 17.8 Å². The molecule has 6 heteroatoms. The fourth-order valence-electron chi connectivity index (χ4n) is 7.25. The minimum Gasteiger partial charge on any atom is -0.388 e. The number of benzene rings is 1. The molecule has 4 N–H and O–H groups in total. The zero-order valence-electron chi connectivity index (χ0n) is 22.3. The van der Waals surface area contributed by atoms with Gasteiger partial charge in [0, 0.05) is 40.7 Å². The summed E-state index contributed by atoms with van der Waals surface area (Å²) in [6.07, 6.45) is 8.73. The number of Topliss-reactive ketones (excluding diaryl/α,β-unsaturated/α-hetero) is 1. The Morgan fingerprint density at radius 1 is 1.05 bits per heavy atom. The van der Waals surface area contributed by atoms with Gasteiger partial charge in [-0.3, -0.25) is 9.59 Å². The number of ketones is 1. The molecule has 1 fully saturated rings. The third kappa shape index (κ3) is 3.50. The Morgan fingerprint density at radius 2 is 1.84 bits per heavy atom. The number of fused-ring (bicyclic) bond motifs is 3. The third-order valence-electron chi connectivity index (χ3n) is 9.22. The summed E-state index contributed by atoms with van der Waals surface area (Å²) in [5.74, 6) is -0.679. The number of aliphatic hydroxyl groups is 1. The molecule has 6 nitrogen and oxygen atoms in total. The number of aromatic amines is 2. The molecule has 3 aromatic rings. The number of hydrogen-bond acceptors (Lipinski definition) is 3. The second-order valence-corrected chi connectivity index (χ2v) is 11.4. The third-order valence-corrected chi connectivity index (χ3v) is 9.22. The topological polar surface area (TPSA) is 98.0 Å². The van der Waals surface area contributed by atoms with Gasteiger partial charge in [-0.1, -0.05) is 48.9 Å². The minimum absolute atomic E-state index is 0.0642. The minimum atomic E-state index is -1.06. The lowest BCUT2D eigenvalue weighted by Gasteiger charge is -2.46. The van der Waals surface area contributed by atoms with Crippen molar-refractivity contribution < 1.29 is 14.7 Å². The Labute approximate surface area is 222 Å². The van der Waals surface area contributed by atoms with Crippen LogP contribution in [0.1, 0.15) is 55.9 Å². The van der Waals surface area contributed by atoms with Crippen LogP contribution in [0.2, 0.25) is 0 Å². The summed E-state index contributed by atoms with van der Waals surface area (Å²) in [4.78, 5) is 34.3. The van der Waals surface area contributed by atoms with E-state index < -0.39 is 17.4 Å². The molecule has 2 aliphatic heterocycles. The van der Waals surface area contributed by atoms with Crippen LogP contribution in [0.3, 0.4) is 0 Å². The summed E-state index contributed by atoms with van der Waals surface area (Å²) in [6, 6.07) is 11.7. The maximum absolute atomic E-state index is 14.3. The Balaban J connectivity index is 1.54. The number of aliphatic hydroxyl groups excluding tert-OH is 1. The number of nitrogens with one attached hydrogen (secondary N) is 3. The molecule has 0 saturated carbocycles. The van der Waals surface area contributed by atoms with Crippen LogP contribution in [-0.2, 0) is 16.6 Å². The summed E-state index contributed by atoms with van der Waals surface area (Å²) in [5, 5.41) is 16.1. The van der Waals surface area contributed by atoms with Crippen LogP contribution in [0.4, 0.5) is 0 Å². The monoisotopic (exact) mass is 509 g/mol. The van der Waals surface area contributed by atoms with E-state index in [1.54, 1.807) is 6.07 Å². The predicted molar refractivity (Wildman–Crippen MR) is 149 cm³/mol. The Morgan fingerprint density at radius 3 is 2.66 bits per heavy atom. The summed E-state index contributed by atoms with van der Waals surface area (Å²) in [5.41, 5.74) is 4.96. The molecule has 2 bridgehead atoms. The maximum Gasteiger partial charge on any atom is 0.233 e. The van der Waals surface area contributed by atoms with E-state index in [0.29, 0.717) is 23.4 Å². The highest BCUT2D eigenvalue weighted by atomic mass is 16.3. The fraction of sp³-hybridized carbons (Fsp3) is 0.375. The van der Waals surface area contributed by atoms with Crippen LogP contribution >= 0.6 is 0 Å². The van der Waals surface area contributed by atoms with Crippen LogP contribution in [-0.4, -0.2) is 38.9 Å². The number of aromatic nitrogens is 2. The number of para-hydroxylation sites is 1. The first-order chi connectivity index (χ1) is 18.2. The molecule has 6 rings (SSSR count). The first-order valence-electron chi connectivity index (χ1n) is 13.5. The molecular weight excluding hydrogens is 474 g/mol. The first-order valence-corrected chi connectivity index (χ1v) is 13.5. The Bertz CT molecular complexity index is 1540. The average Bonchev–Trinajstić information content (AvgIpc) is 3.61. The van der Waals surface area contributed by atoms with Gasteiger partial charge < -0.3 is 20.4 Å². The van der Waals surface area contributed by atoms with Crippen molar-refractivity contribution >= 4 is 22.6 Å². The lowest BCUT2D eigenvalue weighted by Crippen LogP contribution is -2.54. The van der Waals surface area contributed by atoms with E-state index in [-0.39, 0.29) is 29.6 Å². The van der Waals surface area contributed by atoms with Crippen molar-refractivity contribution in [1.82, 2.24) is 15.3 Å². The molecule has 196 valence electrons. The van der Waals surface area contributed by atoms with E-state index in [2.05, 4.69) is 40.4 Å². The summed E-state index contributed by atoms with van der Waals surface area (Å²) in [6.45, 7) is 7.96. The standard InChI is InChI=1S/C32H35N3O3/c1-17-8-7-10-23-30(37)20(4)19(3)28-26(15-21-16-33-24-11-6-5-9-22(21)24)35-31(38)32(23,28)27-13-12-25(34-27)29(36)18(2)14-17/h5-7,9-14,16-17,23,26,28,30,33-34,37H,8,15H2,1-4H3,(H,35,38)/b10-7-,18-14-/t17-,23-,26-,28-,30+,32+/m0/s1. The Hall–Kier alpha value is -3.64. The second-order valence-electron chi connectivity index (χ2n) is 11.4. The number of hydrogen-bond donors (Lipinski definition) is 4. The van der Waals surface area contributed by atoms with Gasteiger partial charge in [-0.05, 0) is 74.4 Å². The summed E-state index contributed by atoms with van der Waals surface area (Å²) in [7, 11) is 0. The van der Waals surface area contributed by atoms with E-state index in [0.717, 1.165) is 34.0 Å². The van der Waals surface area contributed by atoms with Gasteiger partial charge in [-0.2, -0.15) is 0 Å². The van der Waals surface area contributed by atoms with Gasteiger partial charge >= 0.3 is 0 Å². The van der Waals surface area contributed by atoms with Crippen LogP contribution < -0.4 is 5.32 Å². The first kappa shape index (κ1) is 24.7. The number of amides is 1. The average molecular weight is 510 g/mol. The highest BCUT2D eigenvalue weighted by molar-refractivity contribution is 6.07. The van der Waals surface area contributed by atoms with Crippen LogP contribution in [0.15, 0.2) is 77.5 Å². The largest absolute Gasteiger partial charge is 0.388 e. The lowest BCUT2D eigenvalue weighted by molar-refractivity contribution is -0.127. The van der Waals surface area contributed by atoms with Gasteiger partial charge in [0.05, 0.1) is 11.8 Å². The molecule has 4 heterocycles. The SMILES string of the molecule is CC1=C(C)[C@H]2[C@H](Cc3c[nH]c4ccccc34)NC(=O)[C@]23c2ccc([nH]2)C(=O)/C(C)=C\[C@@H](C)C/C=C\[C@H]3[C@@H]1O.